The molecule has 33 heavy (non-hydrogen) atoms. The van der Waals surface area contributed by atoms with Crippen molar-refractivity contribution in [3.63, 3.8) is 0 Å². The monoisotopic (exact) mass is 482 g/mol. The molecule has 0 fully saturated rings. The molecule has 4 amide bonds. The molecule has 4 rings (SSSR count). The molecule has 0 radical (unpaired) electrons. The minimum absolute atomic E-state index is 0.118. The molecular formula is C23H22N4O4S2. The van der Waals surface area contributed by atoms with Crippen molar-refractivity contribution in [1.82, 2.24) is 4.72 Å². The number of nitrogens with one attached hydrogen (secondary N) is 3. The lowest BCUT2D eigenvalue weighted by Crippen LogP contribution is -2.42. The normalized spacial score (nSPS) is 14.0. The largest absolute Gasteiger partial charge is 0.388 e. The number of amides is 4. The van der Waals surface area contributed by atoms with Crippen molar-refractivity contribution < 1.29 is 18.6 Å². The van der Waals surface area contributed by atoms with Crippen LogP contribution in [0.3, 0.4) is 0 Å². The third kappa shape index (κ3) is 4.67. The summed E-state index contributed by atoms with van der Waals surface area (Å²) in [4.78, 5) is 40.1. The van der Waals surface area contributed by atoms with E-state index in [1.165, 1.54) is 11.3 Å². The van der Waals surface area contributed by atoms with Crippen LogP contribution in [0.2, 0.25) is 0 Å². The Morgan fingerprint density at radius 3 is 2.42 bits per heavy atom. The fraction of sp³-hybridized carbons (Fsp3) is 0.174. The van der Waals surface area contributed by atoms with Gasteiger partial charge in [-0.25, -0.2) is 13.9 Å². The van der Waals surface area contributed by atoms with Crippen molar-refractivity contribution in [2.75, 3.05) is 22.6 Å². The quantitative estimate of drug-likeness (QED) is 0.477. The molecule has 0 spiro atoms. The molecule has 3 N–H and O–H groups in total. The smallest absolute Gasteiger partial charge is 0.331 e. The number of imide groups is 1. The van der Waals surface area contributed by atoms with E-state index in [1.54, 1.807) is 43.4 Å². The van der Waals surface area contributed by atoms with Gasteiger partial charge in [0.2, 0.25) is 5.91 Å². The van der Waals surface area contributed by atoms with E-state index in [9.17, 15) is 18.6 Å². The first-order chi connectivity index (χ1) is 15.8. The van der Waals surface area contributed by atoms with Crippen LogP contribution in [0, 0.1) is 13.8 Å². The molecule has 1 aliphatic rings. The highest BCUT2D eigenvalue weighted by atomic mass is 32.2. The molecule has 2 heterocycles. The van der Waals surface area contributed by atoms with Gasteiger partial charge in [-0.15, -0.1) is 11.3 Å². The first-order valence-electron chi connectivity index (χ1n) is 10.1. The van der Waals surface area contributed by atoms with Gasteiger partial charge in [0, 0.05) is 28.9 Å². The molecule has 1 aromatic heterocycles. The van der Waals surface area contributed by atoms with E-state index in [2.05, 4.69) is 15.4 Å². The van der Waals surface area contributed by atoms with Gasteiger partial charge in [0.15, 0.2) is 11.0 Å². The number of hydrogen-bond donors (Lipinski definition) is 3. The number of urea groups is 1. The fourth-order valence-electron chi connectivity index (χ4n) is 3.60. The summed E-state index contributed by atoms with van der Waals surface area (Å²) in [6.45, 7) is 3.79. The van der Waals surface area contributed by atoms with Crippen molar-refractivity contribution in [1.29, 1.82) is 0 Å². The van der Waals surface area contributed by atoms with Crippen molar-refractivity contribution in [2.24, 2.45) is 0 Å². The third-order valence-corrected chi connectivity index (χ3v) is 7.58. The zero-order valence-corrected chi connectivity index (χ0v) is 19.9. The first-order valence-corrected chi connectivity index (χ1v) is 12.1. The maximum Gasteiger partial charge on any atom is 0.331 e. The van der Waals surface area contributed by atoms with Crippen molar-refractivity contribution >= 4 is 57.2 Å². The van der Waals surface area contributed by atoms with Crippen molar-refractivity contribution in [2.45, 2.75) is 24.5 Å². The number of aryl methyl sites for hydroxylation is 2. The number of thiophene rings is 1. The molecule has 1 aliphatic heterocycles. The standard InChI is InChI=1S/C23H22N4O4S2/c1-13-10-18-15(11-19(13)24-3)12-20(28)27(22(18)29)17-7-5-16(6-8-17)25-23(30)26-33(31)21-9-4-14(2)32-21/h4-11,24H,12H2,1-3H3,(H2,25,26,30). The Labute approximate surface area is 197 Å². The van der Waals surface area contributed by atoms with Crippen LogP contribution < -0.4 is 20.3 Å². The zero-order chi connectivity index (χ0) is 23.7. The number of carbonyl (C=O) groups is 3. The van der Waals surface area contributed by atoms with Gasteiger partial charge in [0.1, 0.15) is 4.21 Å². The second-order valence-corrected chi connectivity index (χ2v) is 10.2. The minimum Gasteiger partial charge on any atom is -0.388 e. The van der Waals surface area contributed by atoms with E-state index in [4.69, 9.17) is 0 Å². The van der Waals surface area contributed by atoms with Crippen LogP contribution in [0.25, 0.3) is 0 Å². The molecule has 0 bridgehead atoms. The van der Waals surface area contributed by atoms with Gasteiger partial charge in [0.05, 0.1) is 12.1 Å². The number of carbonyl (C=O) groups excluding carboxylic acids is 3. The lowest BCUT2D eigenvalue weighted by atomic mass is 9.94. The molecular weight excluding hydrogens is 460 g/mol. The summed E-state index contributed by atoms with van der Waals surface area (Å²) in [6.07, 6.45) is 0.118. The molecule has 1 unspecified atom stereocenters. The van der Waals surface area contributed by atoms with Gasteiger partial charge in [-0.1, -0.05) is 0 Å². The van der Waals surface area contributed by atoms with Gasteiger partial charge < -0.3 is 10.6 Å². The van der Waals surface area contributed by atoms with Gasteiger partial charge in [-0.3, -0.25) is 14.3 Å². The Bertz CT molecular complexity index is 1280. The number of hydrogen-bond acceptors (Lipinski definition) is 6. The molecule has 0 saturated heterocycles. The Hall–Kier alpha value is -3.50. The summed E-state index contributed by atoms with van der Waals surface area (Å²) in [5.41, 5.74) is 3.84. The summed E-state index contributed by atoms with van der Waals surface area (Å²) >= 11 is 1.34. The van der Waals surface area contributed by atoms with E-state index in [0.29, 0.717) is 26.7 Å². The maximum absolute atomic E-state index is 13.1. The summed E-state index contributed by atoms with van der Waals surface area (Å²) in [5, 5.41) is 5.67. The van der Waals surface area contributed by atoms with E-state index in [1.807, 2.05) is 26.0 Å². The topological polar surface area (TPSA) is 108 Å². The molecule has 3 aromatic rings. The molecule has 8 nitrogen and oxygen atoms in total. The highest BCUT2D eigenvalue weighted by Crippen LogP contribution is 2.30. The number of benzene rings is 2. The molecule has 10 heteroatoms. The predicted octanol–water partition coefficient (Wildman–Crippen LogP) is 3.98. The first kappa shape index (κ1) is 22.7. The van der Waals surface area contributed by atoms with E-state index >= 15 is 0 Å². The average Bonchev–Trinajstić information content (AvgIpc) is 3.21. The van der Waals surface area contributed by atoms with Crippen molar-refractivity contribution in [3.05, 3.63) is 70.1 Å². The van der Waals surface area contributed by atoms with Gasteiger partial charge >= 0.3 is 6.03 Å². The van der Waals surface area contributed by atoms with Crippen molar-refractivity contribution in [3.8, 4) is 0 Å². The average molecular weight is 483 g/mol. The third-order valence-electron chi connectivity index (χ3n) is 5.21. The fourth-order valence-corrected chi connectivity index (χ4v) is 5.52. The van der Waals surface area contributed by atoms with Gasteiger partial charge in [-0.2, -0.15) is 0 Å². The lowest BCUT2D eigenvalue weighted by Gasteiger charge is -2.28. The van der Waals surface area contributed by atoms with Crippen LogP contribution in [0.5, 0.6) is 0 Å². The second kappa shape index (κ2) is 9.16. The van der Waals surface area contributed by atoms with E-state index in [0.717, 1.165) is 21.0 Å². The minimum atomic E-state index is -1.66. The number of nitrogens with zero attached hydrogens (tertiary/aromatic N) is 1. The van der Waals surface area contributed by atoms with Crippen LogP contribution in [0.1, 0.15) is 26.4 Å². The van der Waals surface area contributed by atoms with Crippen LogP contribution in [0.4, 0.5) is 21.9 Å². The molecule has 1 atom stereocenters. The zero-order valence-electron chi connectivity index (χ0n) is 18.2. The number of fused-ring (bicyclic) bond motifs is 1. The van der Waals surface area contributed by atoms with Gasteiger partial charge in [0.25, 0.3) is 5.91 Å². The van der Waals surface area contributed by atoms with Crippen LogP contribution in [0.15, 0.2) is 52.7 Å². The van der Waals surface area contributed by atoms with Crippen LogP contribution in [-0.2, 0) is 22.2 Å². The molecule has 0 aliphatic carbocycles. The Morgan fingerprint density at radius 1 is 1.06 bits per heavy atom. The second-order valence-electron chi connectivity index (χ2n) is 7.52. The van der Waals surface area contributed by atoms with Gasteiger partial charge in [-0.05, 0) is 73.5 Å². The predicted molar refractivity (Wildman–Crippen MR) is 130 cm³/mol. The highest BCUT2D eigenvalue weighted by Gasteiger charge is 2.32. The molecule has 2 aromatic carbocycles. The molecule has 0 saturated carbocycles. The summed E-state index contributed by atoms with van der Waals surface area (Å²) in [5.74, 6) is -0.703. The summed E-state index contributed by atoms with van der Waals surface area (Å²) in [6, 6.07) is 12.9. The lowest BCUT2D eigenvalue weighted by molar-refractivity contribution is -0.117. The van der Waals surface area contributed by atoms with E-state index in [-0.39, 0.29) is 18.2 Å². The Balaban J connectivity index is 1.47. The molecule has 170 valence electrons. The summed E-state index contributed by atoms with van der Waals surface area (Å²) < 4.78 is 15.2. The summed E-state index contributed by atoms with van der Waals surface area (Å²) in [7, 11) is 0.140. The number of rotatable bonds is 5. The Morgan fingerprint density at radius 2 is 1.79 bits per heavy atom. The highest BCUT2D eigenvalue weighted by molar-refractivity contribution is 7.86. The SMILES string of the molecule is CNc1cc2c(cc1C)C(=O)N(c1ccc(NC(=O)NS(=O)c3ccc(C)s3)cc1)C(=O)C2. The number of anilines is 3. The van der Waals surface area contributed by atoms with Crippen LogP contribution in [-0.4, -0.2) is 29.1 Å². The van der Waals surface area contributed by atoms with Crippen LogP contribution >= 0.6 is 11.3 Å². The van der Waals surface area contributed by atoms with E-state index < -0.39 is 17.0 Å². The maximum atomic E-state index is 13.1. The Kier molecular flexibility index (Phi) is 6.30.